The number of methoxy groups -OCH3 is 1. The van der Waals surface area contributed by atoms with Crippen molar-refractivity contribution < 1.29 is 9.47 Å². The van der Waals surface area contributed by atoms with Crippen LogP contribution in [-0.4, -0.2) is 28.5 Å². The first-order valence-corrected chi connectivity index (χ1v) is 10.2. The summed E-state index contributed by atoms with van der Waals surface area (Å²) in [6, 6.07) is 14.2. The van der Waals surface area contributed by atoms with Crippen LogP contribution in [0.1, 0.15) is 29.6 Å². The molecule has 0 aliphatic rings. The molecule has 0 aliphatic carbocycles. The second-order valence-corrected chi connectivity index (χ2v) is 7.50. The summed E-state index contributed by atoms with van der Waals surface area (Å²) in [5, 5.41) is 11.4. The standard InChI is InChI=1S/C25H27N3O2.ClH/c1-7-30-21-12-13-22(15(2)14-21)28-17(4)23-16(3)26-27-25(24(23)18(28)5)19-8-10-20(29-6)11-9-19;/h8-14H,7H2,1-6H3;1H. The van der Waals surface area contributed by atoms with Crippen LogP contribution < -0.4 is 9.47 Å². The van der Waals surface area contributed by atoms with Gasteiger partial charge in [-0.3, -0.25) is 0 Å². The van der Waals surface area contributed by atoms with E-state index in [-0.39, 0.29) is 12.4 Å². The van der Waals surface area contributed by atoms with Crippen LogP contribution in [0.15, 0.2) is 42.5 Å². The monoisotopic (exact) mass is 437 g/mol. The molecule has 31 heavy (non-hydrogen) atoms. The second-order valence-electron chi connectivity index (χ2n) is 7.50. The van der Waals surface area contributed by atoms with Gasteiger partial charge in [0.2, 0.25) is 0 Å². The van der Waals surface area contributed by atoms with Crippen LogP contribution in [0, 0.1) is 27.7 Å². The number of benzene rings is 2. The number of hydrogen-bond donors (Lipinski definition) is 0. The van der Waals surface area contributed by atoms with Crippen LogP contribution in [0.25, 0.3) is 27.7 Å². The summed E-state index contributed by atoms with van der Waals surface area (Å²) in [6.45, 7) is 11.1. The molecule has 5 nitrogen and oxygen atoms in total. The van der Waals surface area contributed by atoms with Crippen molar-refractivity contribution in [3.63, 3.8) is 0 Å². The summed E-state index contributed by atoms with van der Waals surface area (Å²) in [5.74, 6) is 1.72. The highest BCUT2D eigenvalue weighted by Crippen LogP contribution is 2.37. The highest BCUT2D eigenvalue weighted by Gasteiger charge is 2.21. The highest BCUT2D eigenvalue weighted by molar-refractivity contribution is 6.00. The van der Waals surface area contributed by atoms with E-state index in [4.69, 9.17) is 9.47 Å². The molecular weight excluding hydrogens is 410 g/mol. The molecule has 2 aromatic carbocycles. The van der Waals surface area contributed by atoms with Gasteiger partial charge in [0.05, 0.1) is 19.4 Å². The van der Waals surface area contributed by atoms with E-state index in [1.807, 2.05) is 44.2 Å². The lowest BCUT2D eigenvalue weighted by Gasteiger charge is -2.14. The first-order valence-electron chi connectivity index (χ1n) is 10.2. The molecule has 0 unspecified atom stereocenters. The van der Waals surface area contributed by atoms with E-state index < -0.39 is 0 Å². The number of fused-ring (bicyclic) bond motifs is 1. The number of hydrogen-bond acceptors (Lipinski definition) is 4. The van der Waals surface area contributed by atoms with Gasteiger partial charge in [-0.2, -0.15) is 5.10 Å². The van der Waals surface area contributed by atoms with Gasteiger partial charge < -0.3 is 14.0 Å². The van der Waals surface area contributed by atoms with Gasteiger partial charge in [-0.25, -0.2) is 0 Å². The first kappa shape index (κ1) is 22.6. The molecule has 0 saturated carbocycles. The Kier molecular flexibility index (Phi) is 6.56. The molecular formula is C25H28ClN3O2. The van der Waals surface area contributed by atoms with Gasteiger partial charge >= 0.3 is 0 Å². The molecule has 0 bridgehead atoms. The third-order valence-corrected chi connectivity index (χ3v) is 5.63. The van der Waals surface area contributed by atoms with Crippen molar-refractivity contribution in [3.05, 3.63) is 65.1 Å². The Morgan fingerprint density at radius 2 is 1.48 bits per heavy atom. The molecule has 0 radical (unpaired) electrons. The highest BCUT2D eigenvalue weighted by atomic mass is 35.5. The number of aromatic nitrogens is 3. The average molecular weight is 438 g/mol. The maximum absolute atomic E-state index is 5.67. The molecule has 2 aromatic heterocycles. The third-order valence-electron chi connectivity index (χ3n) is 5.63. The van der Waals surface area contributed by atoms with Crippen LogP contribution in [0.2, 0.25) is 0 Å². The van der Waals surface area contributed by atoms with E-state index in [9.17, 15) is 0 Å². The zero-order chi connectivity index (χ0) is 21.4. The molecule has 162 valence electrons. The van der Waals surface area contributed by atoms with Crippen LogP contribution >= 0.6 is 12.4 Å². The van der Waals surface area contributed by atoms with Crippen LogP contribution in [0.5, 0.6) is 11.5 Å². The molecule has 0 N–H and O–H groups in total. The molecule has 0 fully saturated rings. The van der Waals surface area contributed by atoms with Crippen molar-refractivity contribution in [1.29, 1.82) is 0 Å². The molecule has 4 aromatic rings. The lowest BCUT2D eigenvalue weighted by molar-refractivity contribution is 0.340. The van der Waals surface area contributed by atoms with Crippen LogP contribution in [-0.2, 0) is 0 Å². The van der Waals surface area contributed by atoms with E-state index >= 15 is 0 Å². The lowest BCUT2D eigenvalue weighted by atomic mass is 10.0. The zero-order valence-electron chi connectivity index (χ0n) is 18.8. The number of aryl methyl sites for hydroxylation is 4. The second kappa shape index (κ2) is 8.98. The molecule has 0 spiro atoms. The Labute approximate surface area is 189 Å². The first-order chi connectivity index (χ1) is 14.5. The third kappa shape index (κ3) is 3.86. The van der Waals surface area contributed by atoms with Gasteiger partial charge in [-0.1, -0.05) is 0 Å². The SMILES string of the molecule is CCOc1ccc(-n2c(C)c3c(C)nnc(-c4ccc(OC)cc4)c3c2C)c(C)c1.Cl. The van der Waals surface area contributed by atoms with Crippen molar-refractivity contribution in [2.24, 2.45) is 0 Å². The summed E-state index contributed by atoms with van der Waals surface area (Å²) in [4.78, 5) is 0. The van der Waals surface area contributed by atoms with Gasteiger partial charge in [0.1, 0.15) is 17.2 Å². The van der Waals surface area contributed by atoms with Gasteiger partial charge in [0, 0.05) is 33.4 Å². The topological polar surface area (TPSA) is 49.2 Å². The Balaban J connectivity index is 0.00000272. The predicted octanol–water partition coefficient (Wildman–Crippen LogP) is 6.15. The Morgan fingerprint density at radius 1 is 0.839 bits per heavy atom. The molecule has 0 amide bonds. The molecule has 0 saturated heterocycles. The number of halogens is 1. The molecule has 6 heteroatoms. The van der Waals surface area contributed by atoms with Gasteiger partial charge in [-0.15, -0.1) is 17.5 Å². The summed E-state index contributed by atoms with van der Waals surface area (Å²) in [6.07, 6.45) is 0. The Hall–Kier alpha value is -3.05. The van der Waals surface area contributed by atoms with E-state index in [0.717, 1.165) is 61.9 Å². The Bertz CT molecular complexity index is 1230. The van der Waals surface area contributed by atoms with Crippen molar-refractivity contribution in [2.45, 2.75) is 34.6 Å². The molecule has 0 atom stereocenters. The van der Waals surface area contributed by atoms with Crippen molar-refractivity contribution >= 4 is 23.2 Å². The minimum atomic E-state index is 0. The quantitative estimate of drug-likeness (QED) is 0.375. The molecule has 4 rings (SSSR count). The summed E-state index contributed by atoms with van der Waals surface area (Å²) in [7, 11) is 1.67. The van der Waals surface area contributed by atoms with Crippen molar-refractivity contribution in [2.75, 3.05) is 13.7 Å². The van der Waals surface area contributed by atoms with Crippen molar-refractivity contribution in [1.82, 2.24) is 14.8 Å². The molecule has 2 heterocycles. The minimum absolute atomic E-state index is 0. The zero-order valence-corrected chi connectivity index (χ0v) is 19.6. The fourth-order valence-corrected chi connectivity index (χ4v) is 4.24. The van der Waals surface area contributed by atoms with Crippen molar-refractivity contribution in [3.8, 4) is 28.4 Å². The van der Waals surface area contributed by atoms with Crippen LogP contribution in [0.4, 0.5) is 0 Å². The van der Waals surface area contributed by atoms with Gasteiger partial charge in [0.25, 0.3) is 0 Å². The summed E-state index contributed by atoms with van der Waals surface area (Å²) in [5.41, 5.74) is 7.47. The van der Waals surface area contributed by atoms with E-state index in [1.165, 1.54) is 0 Å². The molecule has 0 aliphatic heterocycles. The van der Waals surface area contributed by atoms with Gasteiger partial charge in [0.15, 0.2) is 0 Å². The number of ether oxygens (including phenoxy) is 2. The summed E-state index contributed by atoms with van der Waals surface area (Å²) < 4.78 is 13.3. The minimum Gasteiger partial charge on any atom is -0.497 e. The average Bonchev–Trinajstić information content (AvgIpc) is 3.01. The normalized spacial score (nSPS) is 10.8. The summed E-state index contributed by atoms with van der Waals surface area (Å²) >= 11 is 0. The smallest absolute Gasteiger partial charge is 0.119 e. The Morgan fingerprint density at radius 3 is 2.10 bits per heavy atom. The largest absolute Gasteiger partial charge is 0.497 e. The number of rotatable bonds is 5. The fraction of sp³-hybridized carbons (Fsp3) is 0.280. The van der Waals surface area contributed by atoms with E-state index in [0.29, 0.717) is 6.61 Å². The van der Waals surface area contributed by atoms with Gasteiger partial charge in [-0.05, 0) is 82.6 Å². The lowest BCUT2D eigenvalue weighted by Crippen LogP contribution is -2.02. The number of nitrogens with zero attached hydrogens (tertiary/aromatic N) is 3. The maximum atomic E-state index is 5.67. The van der Waals surface area contributed by atoms with E-state index in [2.05, 4.69) is 47.7 Å². The van der Waals surface area contributed by atoms with E-state index in [1.54, 1.807) is 7.11 Å². The fourth-order valence-electron chi connectivity index (χ4n) is 4.24. The van der Waals surface area contributed by atoms with Crippen LogP contribution in [0.3, 0.4) is 0 Å². The maximum Gasteiger partial charge on any atom is 0.119 e. The predicted molar refractivity (Wildman–Crippen MR) is 128 cm³/mol.